The van der Waals surface area contributed by atoms with Crippen molar-refractivity contribution in [3.63, 3.8) is 0 Å². The van der Waals surface area contributed by atoms with Gasteiger partial charge >= 0.3 is 5.97 Å². The average Bonchev–Trinajstić information content (AvgIpc) is 2.36. The zero-order chi connectivity index (χ0) is 13.5. The number of carboxylic acids is 1. The molecule has 1 N–H and O–H groups in total. The Hall–Kier alpha value is -1.84. The molecule has 18 heavy (non-hydrogen) atoms. The molecule has 0 saturated carbocycles. The van der Waals surface area contributed by atoms with Gasteiger partial charge in [0.1, 0.15) is 5.75 Å². The van der Waals surface area contributed by atoms with Gasteiger partial charge in [-0.15, -0.1) is 0 Å². The highest BCUT2D eigenvalue weighted by molar-refractivity contribution is 6.01. The van der Waals surface area contributed by atoms with E-state index in [1.54, 1.807) is 24.3 Å². The fraction of sp³-hybridized carbons (Fsp3) is 0.429. The largest absolute Gasteiger partial charge is 0.493 e. The maximum Gasteiger partial charge on any atom is 0.304 e. The van der Waals surface area contributed by atoms with E-state index in [1.165, 1.54) is 0 Å². The fourth-order valence-electron chi connectivity index (χ4n) is 1.80. The van der Waals surface area contributed by atoms with Crippen LogP contribution in [0.4, 0.5) is 0 Å². The zero-order valence-corrected chi connectivity index (χ0v) is 10.7. The van der Waals surface area contributed by atoms with Crippen LogP contribution in [0.15, 0.2) is 24.3 Å². The molecule has 0 aliphatic rings. The number of rotatable bonds is 7. The van der Waals surface area contributed by atoms with Crippen LogP contribution in [0, 0.1) is 5.92 Å². The molecule has 0 amide bonds. The third-order valence-electron chi connectivity index (χ3n) is 2.74. The summed E-state index contributed by atoms with van der Waals surface area (Å²) in [6.45, 7) is 4.13. The summed E-state index contributed by atoms with van der Waals surface area (Å²) in [6, 6.07) is 6.95. The Morgan fingerprint density at radius 2 is 1.94 bits per heavy atom. The van der Waals surface area contributed by atoms with Gasteiger partial charge in [-0.2, -0.15) is 0 Å². The van der Waals surface area contributed by atoms with E-state index in [0.29, 0.717) is 24.3 Å². The third-order valence-corrected chi connectivity index (χ3v) is 2.74. The summed E-state index contributed by atoms with van der Waals surface area (Å²) in [5.41, 5.74) is 0.465. The lowest BCUT2D eigenvalue weighted by Gasteiger charge is -2.14. The van der Waals surface area contributed by atoms with Crippen molar-refractivity contribution in [1.82, 2.24) is 0 Å². The topological polar surface area (TPSA) is 63.6 Å². The van der Waals surface area contributed by atoms with Crippen LogP contribution in [-0.2, 0) is 4.79 Å². The van der Waals surface area contributed by atoms with Gasteiger partial charge in [-0.1, -0.05) is 19.1 Å². The summed E-state index contributed by atoms with van der Waals surface area (Å²) >= 11 is 0. The fourth-order valence-corrected chi connectivity index (χ4v) is 1.80. The van der Waals surface area contributed by atoms with Crippen molar-refractivity contribution in [3.8, 4) is 5.75 Å². The molecule has 0 aliphatic carbocycles. The molecular formula is C14H18O4. The molecule has 0 saturated heterocycles. The van der Waals surface area contributed by atoms with Crippen LogP contribution < -0.4 is 4.74 Å². The van der Waals surface area contributed by atoms with Crippen LogP contribution >= 0.6 is 0 Å². The van der Waals surface area contributed by atoms with Gasteiger partial charge in [0.05, 0.1) is 18.6 Å². The summed E-state index contributed by atoms with van der Waals surface area (Å²) in [4.78, 5) is 23.0. The first-order valence-corrected chi connectivity index (χ1v) is 6.07. The van der Waals surface area contributed by atoms with Crippen LogP contribution in [-0.4, -0.2) is 23.5 Å². The molecule has 0 radical (unpaired) electrons. The molecule has 0 fully saturated rings. The predicted octanol–water partition coefficient (Wildman–Crippen LogP) is 2.77. The van der Waals surface area contributed by atoms with Crippen LogP contribution in [0.1, 0.15) is 37.0 Å². The number of Topliss-reactive ketones (excluding diaryl/α,β-unsaturated/α-hetero) is 1. The van der Waals surface area contributed by atoms with Crippen molar-refractivity contribution in [2.45, 2.75) is 26.7 Å². The van der Waals surface area contributed by atoms with Gasteiger partial charge in [0.15, 0.2) is 5.78 Å². The van der Waals surface area contributed by atoms with Crippen LogP contribution in [0.25, 0.3) is 0 Å². The number of ether oxygens (including phenoxy) is 1. The second-order valence-corrected chi connectivity index (χ2v) is 4.00. The molecule has 0 spiro atoms. The molecule has 0 bridgehead atoms. The summed E-state index contributed by atoms with van der Waals surface area (Å²) in [5, 5.41) is 8.80. The minimum absolute atomic E-state index is 0.143. The third kappa shape index (κ3) is 3.58. The van der Waals surface area contributed by atoms with Crippen molar-refractivity contribution >= 4 is 11.8 Å². The standard InChI is InChI=1S/C14H18O4/c1-3-10(9-13(15)16)14(17)11-7-5-6-8-12(11)18-4-2/h5-8,10H,3-4,9H2,1-2H3,(H,15,16). The van der Waals surface area contributed by atoms with Gasteiger partial charge < -0.3 is 9.84 Å². The first-order valence-electron chi connectivity index (χ1n) is 6.07. The van der Waals surface area contributed by atoms with Crippen molar-refractivity contribution in [2.24, 2.45) is 5.92 Å². The lowest BCUT2D eigenvalue weighted by molar-refractivity contribution is -0.137. The van der Waals surface area contributed by atoms with Crippen LogP contribution in [0.5, 0.6) is 5.75 Å². The van der Waals surface area contributed by atoms with Gasteiger partial charge in [-0.3, -0.25) is 9.59 Å². The predicted molar refractivity (Wildman–Crippen MR) is 68.0 cm³/mol. The Morgan fingerprint density at radius 3 is 2.50 bits per heavy atom. The molecule has 98 valence electrons. The summed E-state index contributed by atoms with van der Waals surface area (Å²) in [6.07, 6.45) is 0.362. The highest BCUT2D eigenvalue weighted by atomic mass is 16.5. The molecular weight excluding hydrogens is 232 g/mol. The Morgan fingerprint density at radius 1 is 1.28 bits per heavy atom. The number of hydrogen-bond donors (Lipinski definition) is 1. The van der Waals surface area contributed by atoms with Crippen molar-refractivity contribution in [2.75, 3.05) is 6.61 Å². The second kappa shape index (κ2) is 6.79. The monoisotopic (exact) mass is 250 g/mol. The molecule has 1 aromatic carbocycles. The van der Waals surface area contributed by atoms with Gasteiger partial charge in [-0.05, 0) is 25.5 Å². The maximum atomic E-state index is 12.3. The van der Waals surface area contributed by atoms with E-state index < -0.39 is 11.9 Å². The number of ketones is 1. The first-order chi connectivity index (χ1) is 8.60. The van der Waals surface area contributed by atoms with E-state index in [9.17, 15) is 9.59 Å². The van der Waals surface area contributed by atoms with E-state index in [-0.39, 0.29) is 12.2 Å². The Labute approximate surface area is 107 Å². The minimum Gasteiger partial charge on any atom is -0.493 e. The molecule has 1 rings (SSSR count). The highest BCUT2D eigenvalue weighted by Gasteiger charge is 2.23. The van der Waals surface area contributed by atoms with Gasteiger partial charge in [0.25, 0.3) is 0 Å². The SMILES string of the molecule is CCOc1ccccc1C(=O)C(CC)CC(=O)O. The average molecular weight is 250 g/mol. The lowest BCUT2D eigenvalue weighted by atomic mass is 9.92. The minimum atomic E-state index is -0.955. The second-order valence-electron chi connectivity index (χ2n) is 4.00. The first kappa shape index (κ1) is 14.2. The maximum absolute atomic E-state index is 12.3. The van der Waals surface area contributed by atoms with E-state index >= 15 is 0 Å². The number of para-hydroxylation sites is 1. The van der Waals surface area contributed by atoms with Gasteiger partial charge in [0, 0.05) is 5.92 Å². The molecule has 0 aromatic heterocycles. The Kier molecular flexibility index (Phi) is 5.36. The van der Waals surface area contributed by atoms with Crippen molar-refractivity contribution < 1.29 is 19.4 Å². The smallest absolute Gasteiger partial charge is 0.304 e. The van der Waals surface area contributed by atoms with E-state index in [2.05, 4.69) is 0 Å². The van der Waals surface area contributed by atoms with E-state index in [0.717, 1.165) is 0 Å². The molecule has 0 heterocycles. The van der Waals surface area contributed by atoms with Crippen LogP contribution in [0.3, 0.4) is 0 Å². The lowest BCUT2D eigenvalue weighted by Crippen LogP contribution is -2.18. The molecule has 4 heteroatoms. The highest BCUT2D eigenvalue weighted by Crippen LogP contribution is 2.24. The summed E-state index contributed by atoms with van der Waals surface area (Å²) in [5.74, 6) is -1.09. The number of carbonyl (C=O) groups excluding carboxylic acids is 1. The number of carbonyl (C=O) groups is 2. The zero-order valence-electron chi connectivity index (χ0n) is 10.7. The molecule has 4 nitrogen and oxygen atoms in total. The molecule has 1 aromatic rings. The number of benzene rings is 1. The normalized spacial score (nSPS) is 11.9. The summed E-state index contributed by atoms with van der Waals surface area (Å²) in [7, 11) is 0. The summed E-state index contributed by atoms with van der Waals surface area (Å²) < 4.78 is 5.39. The Balaban J connectivity index is 2.97. The number of hydrogen-bond acceptors (Lipinski definition) is 3. The van der Waals surface area contributed by atoms with Crippen LogP contribution in [0.2, 0.25) is 0 Å². The number of aliphatic carboxylic acids is 1. The molecule has 1 unspecified atom stereocenters. The van der Waals surface area contributed by atoms with Gasteiger partial charge in [-0.25, -0.2) is 0 Å². The number of carboxylic acid groups (broad SMARTS) is 1. The van der Waals surface area contributed by atoms with E-state index in [1.807, 2.05) is 13.8 Å². The van der Waals surface area contributed by atoms with E-state index in [4.69, 9.17) is 9.84 Å². The molecule has 1 atom stereocenters. The van der Waals surface area contributed by atoms with Gasteiger partial charge in [0.2, 0.25) is 0 Å². The van der Waals surface area contributed by atoms with Crippen molar-refractivity contribution in [1.29, 1.82) is 0 Å². The van der Waals surface area contributed by atoms with Crippen molar-refractivity contribution in [3.05, 3.63) is 29.8 Å². The Bertz CT molecular complexity index is 426. The molecule has 0 aliphatic heterocycles. The quantitative estimate of drug-likeness (QED) is 0.756.